The van der Waals surface area contributed by atoms with E-state index in [-0.39, 0.29) is 0 Å². The molecule has 0 saturated carbocycles. The van der Waals surface area contributed by atoms with Gasteiger partial charge in [-0.15, -0.1) is 0 Å². The molecule has 0 spiro atoms. The molecule has 1 atom stereocenters. The Morgan fingerprint density at radius 2 is 2.04 bits per heavy atom. The highest BCUT2D eigenvalue weighted by Crippen LogP contribution is 2.28. The molecule has 2 aromatic rings. The Labute approximate surface area is 160 Å². The summed E-state index contributed by atoms with van der Waals surface area (Å²) < 4.78 is 6.39. The zero-order chi connectivity index (χ0) is 18.6. The molecule has 5 nitrogen and oxygen atoms in total. The van der Waals surface area contributed by atoms with Crippen molar-refractivity contribution >= 4 is 46.8 Å². The monoisotopic (exact) mass is 397 g/mol. The van der Waals surface area contributed by atoms with Crippen molar-refractivity contribution in [1.82, 2.24) is 9.78 Å². The van der Waals surface area contributed by atoms with Gasteiger partial charge in [-0.3, -0.25) is 0 Å². The first-order valence-electron chi connectivity index (χ1n) is 7.27. The Kier molecular flexibility index (Phi) is 6.49. The Bertz CT molecular complexity index is 849. The van der Waals surface area contributed by atoms with Crippen LogP contribution in [0.1, 0.15) is 23.7 Å². The van der Waals surface area contributed by atoms with E-state index in [2.05, 4.69) is 5.10 Å². The molecular weight excluding hydrogens is 385 g/mol. The first-order valence-corrected chi connectivity index (χ1v) is 8.41. The Hall–Kier alpha value is -2.00. The van der Waals surface area contributed by atoms with Crippen molar-refractivity contribution in [1.29, 1.82) is 5.26 Å². The first kappa shape index (κ1) is 19.3. The third kappa shape index (κ3) is 4.76. The van der Waals surface area contributed by atoms with E-state index < -0.39 is 12.1 Å². The second-order valence-corrected chi connectivity index (χ2v) is 6.36. The molecule has 1 aromatic heterocycles. The number of hydrogen-bond acceptors (Lipinski definition) is 4. The van der Waals surface area contributed by atoms with Gasteiger partial charge in [0.1, 0.15) is 11.2 Å². The molecule has 2 rings (SSSR count). The summed E-state index contributed by atoms with van der Waals surface area (Å²) in [5.41, 5.74) is 1.91. The quantitative estimate of drug-likeness (QED) is 0.542. The normalized spacial score (nSPS) is 12.2. The molecule has 0 radical (unpaired) electrons. The zero-order valence-corrected chi connectivity index (χ0v) is 15.7. The minimum absolute atomic E-state index is 0.294. The molecule has 8 heteroatoms. The summed E-state index contributed by atoms with van der Waals surface area (Å²) >= 11 is 18.7. The summed E-state index contributed by atoms with van der Waals surface area (Å²) in [7, 11) is 0. The lowest BCUT2D eigenvalue weighted by molar-refractivity contribution is -0.139. The number of carbonyl (C=O) groups excluding carboxylic acids is 1. The number of benzene rings is 1. The van der Waals surface area contributed by atoms with Crippen LogP contribution >= 0.6 is 34.8 Å². The Morgan fingerprint density at radius 3 is 2.64 bits per heavy atom. The van der Waals surface area contributed by atoms with Crippen LogP contribution in [-0.2, 0) is 16.1 Å². The van der Waals surface area contributed by atoms with E-state index in [1.54, 1.807) is 29.8 Å². The molecule has 0 unspecified atom stereocenters. The Balaban J connectivity index is 2.24. The lowest BCUT2D eigenvalue weighted by Crippen LogP contribution is -2.10. The smallest absolute Gasteiger partial charge is 0.332 e. The largest absolute Gasteiger partial charge is 0.444 e. The molecule has 25 heavy (non-hydrogen) atoms. The molecule has 0 bridgehead atoms. The molecule has 0 N–H and O–H groups in total. The molecule has 1 heterocycles. The van der Waals surface area contributed by atoms with Crippen molar-refractivity contribution in [2.45, 2.75) is 26.5 Å². The van der Waals surface area contributed by atoms with E-state index >= 15 is 0 Å². The number of ether oxygens (including phenoxy) is 1. The maximum Gasteiger partial charge on any atom is 0.332 e. The van der Waals surface area contributed by atoms with Crippen molar-refractivity contribution in [2.75, 3.05) is 0 Å². The second-order valence-electron chi connectivity index (χ2n) is 5.19. The third-order valence-corrected chi connectivity index (χ3v) is 4.45. The molecule has 130 valence electrons. The molecule has 0 fully saturated rings. The SMILES string of the molecule is Cc1nn(Cc2c(Cl)cccc2Cl)c(Cl)c1/C=C/C(=O)O[C@@H](C)C#N. The highest BCUT2D eigenvalue weighted by molar-refractivity contribution is 6.36. The van der Waals surface area contributed by atoms with Crippen LogP contribution in [0.3, 0.4) is 0 Å². The number of aryl methyl sites for hydroxylation is 1. The Morgan fingerprint density at radius 1 is 1.40 bits per heavy atom. The van der Waals surface area contributed by atoms with E-state index in [9.17, 15) is 4.79 Å². The highest BCUT2D eigenvalue weighted by Gasteiger charge is 2.15. The summed E-state index contributed by atoms with van der Waals surface area (Å²) in [4.78, 5) is 11.6. The minimum atomic E-state index is -0.821. The van der Waals surface area contributed by atoms with Gasteiger partial charge in [0, 0.05) is 27.2 Å². The van der Waals surface area contributed by atoms with E-state index in [4.69, 9.17) is 44.8 Å². The summed E-state index contributed by atoms with van der Waals surface area (Å²) in [6.07, 6.45) is 1.89. The predicted molar refractivity (Wildman–Crippen MR) is 97.7 cm³/mol. The summed E-state index contributed by atoms with van der Waals surface area (Å²) in [6, 6.07) is 7.04. The number of carbonyl (C=O) groups is 1. The number of halogens is 3. The number of aromatic nitrogens is 2. The highest BCUT2D eigenvalue weighted by atomic mass is 35.5. The number of rotatable bonds is 5. The van der Waals surface area contributed by atoms with Crippen LogP contribution in [0.2, 0.25) is 15.2 Å². The lowest BCUT2D eigenvalue weighted by atomic mass is 10.2. The van der Waals surface area contributed by atoms with Gasteiger partial charge >= 0.3 is 5.97 Å². The van der Waals surface area contributed by atoms with E-state index in [1.807, 2.05) is 6.07 Å². The van der Waals surface area contributed by atoms with Crippen molar-refractivity contribution in [3.05, 3.63) is 56.3 Å². The fourth-order valence-corrected chi connectivity index (χ4v) is 2.90. The van der Waals surface area contributed by atoms with Gasteiger partial charge in [-0.25, -0.2) is 9.48 Å². The number of esters is 1. The van der Waals surface area contributed by atoms with Crippen LogP contribution in [0.15, 0.2) is 24.3 Å². The molecular formula is C17H14Cl3N3O2. The summed E-state index contributed by atoms with van der Waals surface area (Å²) in [5, 5.41) is 14.4. The fraction of sp³-hybridized carbons (Fsp3) is 0.235. The van der Waals surface area contributed by atoms with Gasteiger partial charge in [-0.2, -0.15) is 10.4 Å². The number of nitriles is 1. The topological polar surface area (TPSA) is 67.9 Å². The minimum Gasteiger partial charge on any atom is -0.444 e. The average Bonchev–Trinajstić information content (AvgIpc) is 2.82. The van der Waals surface area contributed by atoms with Gasteiger partial charge in [0.25, 0.3) is 0 Å². The van der Waals surface area contributed by atoms with Crippen LogP contribution in [0.4, 0.5) is 0 Å². The van der Waals surface area contributed by atoms with E-state index in [0.29, 0.717) is 38.6 Å². The van der Waals surface area contributed by atoms with Gasteiger partial charge < -0.3 is 4.74 Å². The zero-order valence-electron chi connectivity index (χ0n) is 13.5. The van der Waals surface area contributed by atoms with Crippen LogP contribution in [0.5, 0.6) is 0 Å². The molecule has 0 amide bonds. The molecule has 0 aliphatic rings. The third-order valence-electron chi connectivity index (χ3n) is 3.34. The second kappa shape index (κ2) is 8.39. The van der Waals surface area contributed by atoms with Gasteiger partial charge in [0.2, 0.25) is 0 Å². The number of nitrogens with zero attached hydrogens (tertiary/aromatic N) is 3. The van der Waals surface area contributed by atoms with Crippen molar-refractivity contribution in [2.24, 2.45) is 0 Å². The molecule has 0 aliphatic carbocycles. The molecule has 0 aliphatic heterocycles. The van der Waals surface area contributed by atoms with Crippen LogP contribution < -0.4 is 0 Å². The van der Waals surface area contributed by atoms with Crippen molar-refractivity contribution < 1.29 is 9.53 Å². The summed E-state index contributed by atoms with van der Waals surface area (Å²) in [5.74, 6) is -0.633. The first-order chi connectivity index (χ1) is 11.8. The van der Waals surface area contributed by atoms with E-state index in [1.165, 1.54) is 19.1 Å². The summed E-state index contributed by atoms with van der Waals surface area (Å²) in [6.45, 7) is 3.54. The lowest BCUT2D eigenvalue weighted by Gasteiger charge is -2.08. The predicted octanol–water partition coefficient (Wildman–Crippen LogP) is 4.67. The van der Waals surface area contributed by atoms with Gasteiger partial charge in [-0.1, -0.05) is 40.9 Å². The molecule has 0 saturated heterocycles. The van der Waals surface area contributed by atoms with Crippen LogP contribution in [-0.4, -0.2) is 21.9 Å². The van der Waals surface area contributed by atoms with Gasteiger partial charge in [-0.05, 0) is 32.1 Å². The average molecular weight is 399 g/mol. The van der Waals surface area contributed by atoms with E-state index in [0.717, 1.165) is 0 Å². The maximum absolute atomic E-state index is 11.6. The maximum atomic E-state index is 11.6. The van der Waals surface area contributed by atoms with Gasteiger partial charge in [0.05, 0.1) is 12.2 Å². The van der Waals surface area contributed by atoms with Gasteiger partial charge in [0.15, 0.2) is 6.10 Å². The molecule has 1 aromatic carbocycles. The van der Waals surface area contributed by atoms with Crippen molar-refractivity contribution in [3.63, 3.8) is 0 Å². The fourth-order valence-electron chi connectivity index (χ4n) is 2.09. The van der Waals surface area contributed by atoms with Crippen molar-refractivity contribution in [3.8, 4) is 6.07 Å². The van der Waals surface area contributed by atoms with Crippen LogP contribution in [0, 0.1) is 18.3 Å². The standard InChI is InChI=1S/C17H14Cl3N3O2/c1-10(8-21)25-16(24)7-6-12-11(2)22-23(17(12)20)9-13-14(18)4-3-5-15(13)19/h3-7,10H,9H2,1-2H3/b7-6+/t10-/m0/s1. The van der Waals surface area contributed by atoms with Crippen LogP contribution in [0.25, 0.3) is 6.08 Å². The number of hydrogen-bond donors (Lipinski definition) is 0.